The van der Waals surface area contributed by atoms with Crippen LogP contribution in [0.3, 0.4) is 0 Å². The quantitative estimate of drug-likeness (QED) is 0.438. The average Bonchev–Trinajstić information content (AvgIpc) is 2.82. The van der Waals surface area contributed by atoms with Crippen LogP contribution in [0.1, 0.15) is 12.8 Å². The molecule has 3 aromatic rings. The third-order valence-corrected chi connectivity index (χ3v) is 5.48. The molecule has 0 unspecified atom stereocenters. The van der Waals surface area contributed by atoms with Crippen molar-refractivity contribution in [3.63, 3.8) is 0 Å². The highest BCUT2D eigenvalue weighted by molar-refractivity contribution is 5.92. The fraction of sp³-hybridized carbons (Fsp3) is 0.333. The molecule has 1 saturated heterocycles. The number of carbonyl (C=O) groups excluding carboxylic acids is 1. The van der Waals surface area contributed by atoms with Gasteiger partial charge in [0, 0.05) is 42.3 Å². The zero-order chi connectivity index (χ0) is 24.5. The first kappa shape index (κ1) is 23.1. The summed E-state index contributed by atoms with van der Waals surface area (Å²) in [6.45, 7) is -0.0768. The number of nitro groups is 1. The Labute approximate surface area is 190 Å². The number of anilines is 1. The van der Waals surface area contributed by atoms with Crippen LogP contribution >= 0.6 is 0 Å². The Morgan fingerprint density at radius 1 is 1.24 bits per heavy atom. The standard InChI is InChI=1S/C21H19F3N6O4/c1-34-19-17(30(32)33)8-13(9-25-19)12-4-5-16-15(7-12)18(27-11-26-16)28-14-3-2-6-29(10-14)20(31)21(22,23)24/h4-5,7-9,11,14H,2-3,6,10H2,1H3,(H,26,27,28)/t14-/m0/s1. The molecule has 1 aliphatic heterocycles. The summed E-state index contributed by atoms with van der Waals surface area (Å²) in [5.74, 6) is -1.59. The molecule has 13 heteroatoms. The SMILES string of the molecule is COc1ncc(-c2ccc3ncnc(N[C@H]4CCCN(C(=O)C(F)(F)F)C4)c3c2)cc1[N+](=O)[O-]. The highest BCUT2D eigenvalue weighted by atomic mass is 19.4. The molecule has 34 heavy (non-hydrogen) atoms. The number of piperidine rings is 1. The third-order valence-electron chi connectivity index (χ3n) is 5.48. The van der Waals surface area contributed by atoms with Crippen molar-refractivity contribution in [1.82, 2.24) is 19.9 Å². The molecule has 10 nitrogen and oxygen atoms in total. The zero-order valence-corrected chi connectivity index (χ0v) is 17.9. The van der Waals surface area contributed by atoms with Crippen LogP contribution in [0.4, 0.5) is 24.7 Å². The maximum absolute atomic E-state index is 12.8. The van der Waals surface area contributed by atoms with E-state index in [0.29, 0.717) is 40.7 Å². The number of amides is 1. The topological polar surface area (TPSA) is 123 Å². The van der Waals surface area contributed by atoms with Crippen LogP contribution in [0.5, 0.6) is 5.88 Å². The molecule has 178 valence electrons. The second kappa shape index (κ2) is 9.08. The number of benzene rings is 1. The lowest BCUT2D eigenvalue weighted by atomic mass is 10.0. The van der Waals surface area contributed by atoms with Gasteiger partial charge in [0.1, 0.15) is 12.1 Å². The Morgan fingerprint density at radius 2 is 2.03 bits per heavy atom. The molecular formula is C21H19F3N6O4. The minimum atomic E-state index is -4.92. The van der Waals surface area contributed by atoms with Crippen molar-refractivity contribution >= 4 is 28.3 Å². The molecule has 1 amide bonds. The predicted octanol–water partition coefficient (Wildman–Crippen LogP) is 3.57. The molecule has 0 saturated carbocycles. The number of aromatic nitrogens is 3. The largest absolute Gasteiger partial charge is 0.476 e. The van der Waals surface area contributed by atoms with Gasteiger partial charge in [-0.25, -0.2) is 15.0 Å². The van der Waals surface area contributed by atoms with Crippen molar-refractivity contribution in [3.05, 3.63) is 46.9 Å². The van der Waals surface area contributed by atoms with Crippen molar-refractivity contribution in [2.75, 3.05) is 25.5 Å². The van der Waals surface area contributed by atoms with Crippen LogP contribution in [-0.4, -0.2) is 63.1 Å². The summed E-state index contributed by atoms with van der Waals surface area (Å²) in [7, 11) is 1.29. The second-order valence-corrected chi connectivity index (χ2v) is 7.70. The number of methoxy groups -OCH3 is 1. The van der Waals surface area contributed by atoms with Crippen LogP contribution in [0.2, 0.25) is 0 Å². The number of fused-ring (bicyclic) bond motifs is 1. The second-order valence-electron chi connectivity index (χ2n) is 7.70. The first-order valence-corrected chi connectivity index (χ1v) is 10.2. The van der Waals surface area contributed by atoms with Crippen molar-refractivity contribution < 1.29 is 27.6 Å². The molecule has 4 rings (SSSR count). The maximum Gasteiger partial charge on any atom is 0.471 e. The highest BCUT2D eigenvalue weighted by Crippen LogP contribution is 2.32. The zero-order valence-electron chi connectivity index (χ0n) is 17.9. The van der Waals surface area contributed by atoms with Crippen LogP contribution < -0.4 is 10.1 Å². The number of nitrogens with zero attached hydrogens (tertiary/aromatic N) is 5. The van der Waals surface area contributed by atoms with E-state index in [4.69, 9.17) is 4.74 Å². The highest BCUT2D eigenvalue weighted by Gasteiger charge is 2.43. The van der Waals surface area contributed by atoms with Gasteiger partial charge in [0.05, 0.1) is 17.5 Å². The van der Waals surface area contributed by atoms with Gasteiger partial charge in [-0.15, -0.1) is 0 Å². The summed E-state index contributed by atoms with van der Waals surface area (Å²) < 4.78 is 43.5. The number of pyridine rings is 1. The summed E-state index contributed by atoms with van der Waals surface area (Å²) in [5.41, 5.74) is 1.33. The smallest absolute Gasteiger partial charge is 0.471 e. The third kappa shape index (κ3) is 4.67. The molecule has 0 spiro atoms. The fourth-order valence-electron chi connectivity index (χ4n) is 3.89. The molecule has 0 aliphatic carbocycles. The van der Waals surface area contributed by atoms with E-state index < -0.39 is 23.0 Å². The van der Waals surface area contributed by atoms with E-state index in [9.17, 15) is 28.1 Å². The van der Waals surface area contributed by atoms with E-state index in [1.54, 1.807) is 18.2 Å². The molecule has 3 heterocycles. The number of alkyl halides is 3. The number of ether oxygens (including phenoxy) is 1. The Morgan fingerprint density at radius 3 is 2.74 bits per heavy atom. The number of hydrogen-bond donors (Lipinski definition) is 1. The Kier molecular flexibility index (Phi) is 6.18. The van der Waals surface area contributed by atoms with Gasteiger partial charge in [0.25, 0.3) is 5.88 Å². The van der Waals surface area contributed by atoms with Gasteiger partial charge in [-0.1, -0.05) is 6.07 Å². The van der Waals surface area contributed by atoms with Gasteiger partial charge in [0.2, 0.25) is 0 Å². The summed E-state index contributed by atoms with van der Waals surface area (Å²) in [6.07, 6.45) is -1.19. The fourth-order valence-corrected chi connectivity index (χ4v) is 3.89. The summed E-state index contributed by atoms with van der Waals surface area (Å²) in [6, 6.07) is 6.04. The molecular weight excluding hydrogens is 457 g/mol. The van der Waals surface area contributed by atoms with E-state index in [2.05, 4.69) is 20.3 Å². The van der Waals surface area contributed by atoms with Crippen molar-refractivity contribution in [2.24, 2.45) is 0 Å². The molecule has 1 fully saturated rings. The summed E-state index contributed by atoms with van der Waals surface area (Å²) >= 11 is 0. The minimum absolute atomic E-state index is 0.0362. The summed E-state index contributed by atoms with van der Waals surface area (Å²) in [5, 5.41) is 15.0. The van der Waals surface area contributed by atoms with Gasteiger partial charge in [-0.05, 0) is 30.5 Å². The molecule has 1 aromatic carbocycles. The number of halogens is 3. The van der Waals surface area contributed by atoms with E-state index >= 15 is 0 Å². The van der Waals surface area contributed by atoms with E-state index in [1.165, 1.54) is 25.7 Å². The molecule has 0 radical (unpaired) electrons. The molecule has 1 aliphatic rings. The van der Waals surface area contributed by atoms with Gasteiger partial charge in [-0.2, -0.15) is 13.2 Å². The lowest BCUT2D eigenvalue weighted by Gasteiger charge is -2.33. The van der Waals surface area contributed by atoms with Gasteiger partial charge in [-0.3, -0.25) is 14.9 Å². The molecule has 0 bridgehead atoms. The number of nitrogens with one attached hydrogen (secondary N) is 1. The lowest BCUT2D eigenvalue weighted by Crippen LogP contribution is -2.49. The van der Waals surface area contributed by atoms with Crippen molar-refractivity contribution in [1.29, 1.82) is 0 Å². The van der Waals surface area contributed by atoms with E-state index in [1.807, 2.05) is 0 Å². The van der Waals surface area contributed by atoms with Crippen LogP contribution in [0.15, 0.2) is 36.8 Å². The Hall–Kier alpha value is -4.03. The van der Waals surface area contributed by atoms with Crippen LogP contribution in [0.25, 0.3) is 22.0 Å². The van der Waals surface area contributed by atoms with Gasteiger partial charge < -0.3 is 15.0 Å². The minimum Gasteiger partial charge on any atom is -0.476 e. The Balaban J connectivity index is 1.64. The first-order valence-electron chi connectivity index (χ1n) is 10.2. The van der Waals surface area contributed by atoms with Crippen molar-refractivity contribution in [2.45, 2.75) is 25.1 Å². The monoisotopic (exact) mass is 476 g/mol. The van der Waals surface area contributed by atoms with E-state index in [0.717, 1.165) is 4.90 Å². The molecule has 2 aromatic heterocycles. The normalized spacial score (nSPS) is 16.4. The molecule has 1 atom stereocenters. The number of carbonyl (C=O) groups is 1. The van der Waals surface area contributed by atoms with E-state index in [-0.39, 0.29) is 24.7 Å². The van der Waals surface area contributed by atoms with Gasteiger partial charge in [0.15, 0.2) is 0 Å². The maximum atomic E-state index is 12.8. The van der Waals surface area contributed by atoms with Crippen LogP contribution in [-0.2, 0) is 4.79 Å². The van der Waals surface area contributed by atoms with Crippen molar-refractivity contribution in [3.8, 4) is 17.0 Å². The number of hydrogen-bond acceptors (Lipinski definition) is 8. The predicted molar refractivity (Wildman–Crippen MR) is 115 cm³/mol. The van der Waals surface area contributed by atoms with Crippen LogP contribution in [0, 0.1) is 10.1 Å². The number of likely N-dealkylation sites (tertiary alicyclic amines) is 1. The Bertz CT molecular complexity index is 1250. The summed E-state index contributed by atoms with van der Waals surface area (Å²) in [4.78, 5) is 35.6. The average molecular weight is 476 g/mol. The first-order chi connectivity index (χ1) is 16.2. The van der Waals surface area contributed by atoms with Gasteiger partial charge >= 0.3 is 17.8 Å². The number of rotatable bonds is 5. The lowest BCUT2D eigenvalue weighted by molar-refractivity contribution is -0.386. The molecule has 1 N–H and O–H groups in total.